The standard InChI is InChI=1S/C14H15BrN2/c1-2-12-9-13(15)3-4-14(12)17-10-11-5-7-16-8-6-11/h3-9,17H,2,10H2,1H3. The lowest BCUT2D eigenvalue weighted by molar-refractivity contribution is 1.08. The molecule has 2 rings (SSSR count). The van der Waals surface area contributed by atoms with E-state index in [4.69, 9.17) is 0 Å². The molecular formula is C14H15BrN2. The van der Waals surface area contributed by atoms with Gasteiger partial charge >= 0.3 is 0 Å². The SMILES string of the molecule is CCc1cc(Br)ccc1NCc1ccncc1. The Balaban J connectivity index is 2.09. The van der Waals surface area contributed by atoms with Crippen molar-refractivity contribution < 1.29 is 0 Å². The van der Waals surface area contributed by atoms with Gasteiger partial charge in [-0.05, 0) is 47.9 Å². The van der Waals surface area contributed by atoms with Crippen molar-refractivity contribution in [1.82, 2.24) is 4.98 Å². The van der Waals surface area contributed by atoms with Gasteiger partial charge in [-0.3, -0.25) is 4.98 Å². The summed E-state index contributed by atoms with van der Waals surface area (Å²) < 4.78 is 1.13. The number of benzene rings is 1. The van der Waals surface area contributed by atoms with Crippen molar-refractivity contribution in [3.8, 4) is 0 Å². The molecule has 0 aliphatic heterocycles. The first-order chi connectivity index (χ1) is 8.29. The Morgan fingerprint density at radius 2 is 1.94 bits per heavy atom. The van der Waals surface area contributed by atoms with Crippen molar-refractivity contribution in [2.75, 3.05) is 5.32 Å². The van der Waals surface area contributed by atoms with E-state index in [9.17, 15) is 0 Å². The van der Waals surface area contributed by atoms with Gasteiger partial charge in [0.15, 0.2) is 0 Å². The third kappa shape index (κ3) is 3.30. The lowest BCUT2D eigenvalue weighted by atomic mass is 10.1. The molecule has 0 aliphatic rings. The van der Waals surface area contributed by atoms with Crippen LogP contribution in [0.15, 0.2) is 47.2 Å². The Kier molecular flexibility index (Phi) is 4.15. The van der Waals surface area contributed by atoms with Gasteiger partial charge in [0.1, 0.15) is 0 Å². The molecule has 0 aliphatic carbocycles. The zero-order valence-corrected chi connectivity index (χ0v) is 11.4. The predicted octanol–water partition coefficient (Wildman–Crippen LogP) is 4.02. The molecule has 0 saturated heterocycles. The fourth-order valence-corrected chi connectivity index (χ4v) is 2.13. The third-order valence-corrected chi connectivity index (χ3v) is 3.17. The van der Waals surface area contributed by atoms with Crippen molar-refractivity contribution >= 4 is 21.6 Å². The summed E-state index contributed by atoms with van der Waals surface area (Å²) in [5.74, 6) is 0. The minimum absolute atomic E-state index is 0.831. The highest BCUT2D eigenvalue weighted by Gasteiger charge is 2.01. The second kappa shape index (κ2) is 5.82. The first-order valence-electron chi connectivity index (χ1n) is 5.71. The van der Waals surface area contributed by atoms with Crippen LogP contribution < -0.4 is 5.32 Å². The molecule has 0 radical (unpaired) electrons. The predicted molar refractivity (Wildman–Crippen MR) is 75.1 cm³/mol. The minimum Gasteiger partial charge on any atom is -0.381 e. The summed E-state index contributed by atoms with van der Waals surface area (Å²) in [5, 5.41) is 3.46. The van der Waals surface area contributed by atoms with Gasteiger partial charge in [-0.1, -0.05) is 22.9 Å². The quantitative estimate of drug-likeness (QED) is 0.920. The van der Waals surface area contributed by atoms with Crippen LogP contribution in [0, 0.1) is 0 Å². The molecule has 0 atom stereocenters. The number of aromatic nitrogens is 1. The van der Waals surface area contributed by atoms with Gasteiger partial charge in [0.05, 0.1) is 0 Å². The molecule has 0 spiro atoms. The monoisotopic (exact) mass is 290 g/mol. The van der Waals surface area contributed by atoms with Crippen molar-refractivity contribution in [2.24, 2.45) is 0 Å². The smallest absolute Gasteiger partial charge is 0.0401 e. The van der Waals surface area contributed by atoms with Crippen LogP contribution in [-0.2, 0) is 13.0 Å². The van der Waals surface area contributed by atoms with Crippen molar-refractivity contribution in [3.05, 3.63) is 58.3 Å². The van der Waals surface area contributed by atoms with Crippen LogP contribution in [0.4, 0.5) is 5.69 Å². The van der Waals surface area contributed by atoms with E-state index >= 15 is 0 Å². The van der Waals surface area contributed by atoms with E-state index in [0.717, 1.165) is 17.4 Å². The van der Waals surface area contributed by atoms with E-state index in [-0.39, 0.29) is 0 Å². The molecule has 17 heavy (non-hydrogen) atoms. The summed E-state index contributed by atoms with van der Waals surface area (Å²) in [7, 11) is 0. The molecule has 1 aromatic carbocycles. The summed E-state index contributed by atoms with van der Waals surface area (Å²) in [6, 6.07) is 10.4. The Morgan fingerprint density at radius 3 is 2.65 bits per heavy atom. The van der Waals surface area contributed by atoms with Crippen LogP contribution in [0.25, 0.3) is 0 Å². The largest absolute Gasteiger partial charge is 0.381 e. The number of hydrogen-bond donors (Lipinski definition) is 1. The van der Waals surface area contributed by atoms with Crippen molar-refractivity contribution in [2.45, 2.75) is 19.9 Å². The molecule has 88 valence electrons. The number of rotatable bonds is 4. The Bertz CT molecular complexity index is 483. The van der Waals surface area contributed by atoms with Crippen LogP contribution in [-0.4, -0.2) is 4.98 Å². The molecular weight excluding hydrogens is 276 g/mol. The molecule has 1 aromatic heterocycles. The minimum atomic E-state index is 0.831. The number of anilines is 1. The molecule has 0 amide bonds. The maximum atomic E-state index is 4.01. The van der Waals surface area contributed by atoms with Gasteiger partial charge in [-0.2, -0.15) is 0 Å². The van der Waals surface area contributed by atoms with Crippen LogP contribution in [0.1, 0.15) is 18.1 Å². The number of halogens is 1. The van der Waals surface area contributed by atoms with Gasteiger partial charge in [0.25, 0.3) is 0 Å². The Labute approximate surface area is 110 Å². The molecule has 1 heterocycles. The number of pyridine rings is 1. The normalized spacial score (nSPS) is 10.2. The van der Waals surface area contributed by atoms with Crippen LogP contribution in [0.2, 0.25) is 0 Å². The first-order valence-corrected chi connectivity index (χ1v) is 6.50. The van der Waals surface area contributed by atoms with Gasteiger partial charge in [0, 0.05) is 29.1 Å². The average molecular weight is 291 g/mol. The lowest BCUT2D eigenvalue weighted by Gasteiger charge is -2.11. The topological polar surface area (TPSA) is 24.9 Å². The van der Waals surface area contributed by atoms with Crippen LogP contribution in [0.3, 0.4) is 0 Å². The summed E-state index contributed by atoms with van der Waals surface area (Å²) in [6.45, 7) is 3.00. The number of nitrogens with zero attached hydrogens (tertiary/aromatic N) is 1. The molecule has 3 heteroatoms. The molecule has 0 fully saturated rings. The van der Waals surface area contributed by atoms with Crippen molar-refractivity contribution in [1.29, 1.82) is 0 Å². The highest BCUT2D eigenvalue weighted by molar-refractivity contribution is 9.10. The summed E-state index contributed by atoms with van der Waals surface area (Å²) in [4.78, 5) is 4.01. The van der Waals surface area contributed by atoms with Crippen LogP contribution in [0.5, 0.6) is 0 Å². The first kappa shape index (κ1) is 12.1. The van der Waals surface area contributed by atoms with E-state index < -0.39 is 0 Å². The number of nitrogens with one attached hydrogen (secondary N) is 1. The lowest BCUT2D eigenvalue weighted by Crippen LogP contribution is -2.02. The molecule has 0 unspecified atom stereocenters. The molecule has 1 N–H and O–H groups in total. The molecule has 2 aromatic rings. The van der Waals surface area contributed by atoms with E-state index in [1.165, 1.54) is 16.8 Å². The third-order valence-electron chi connectivity index (χ3n) is 2.68. The highest BCUT2D eigenvalue weighted by atomic mass is 79.9. The molecule has 0 saturated carbocycles. The Morgan fingerprint density at radius 1 is 1.18 bits per heavy atom. The van der Waals surface area contributed by atoms with Crippen LogP contribution >= 0.6 is 15.9 Å². The van der Waals surface area contributed by atoms with Gasteiger partial charge in [0.2, 0.25) is 0 Å². The summed E-state index contributed by atoms with van der Waals surface area (Å²) in [6.07, 6.45) is 4.66. The van der Waals surface area contributed by atoms with Gasteiger partial charge in [-0.25, -0.2) is 0 Å². The number of aryl methyl sites for hydroxylation is 1. The summed E-state index contributed by atoms with van der Waals surface area (Å²) >= 11 is 3.50. The fraction of sp³-hybridized carbons (Fsp3) is 0.214. The van der Waals surface area contributed by atoms with E-state index in [2.05, 4.69) is 51.4 Å². The maximum Gasteiger partial charge on any atom is 0.0401 e. The van der Waals surface area contributed by atoms with Crippen molar-refractivity contribution in [3.63, 3.8) is 0 Å². The maximum absolute atomic E-state index is 4.01. The number of hydrogen-bond acceptors (Lipinski definition) is 2. The van der Waals surface area contributed by atoms with E-state index in [0.29, 0.717) is 0 Å². The fourth-order valence-electron chi connectivity index (χ4n) is 1.73. The highest BCUT2D eigenvalue weighted by Crippen LogP contribution is 2.22. The summed E-state index contributed by atoms with van der Waals surface area (Å²) in [5.41, 5.74) is 3.77. The van der Waals surface area contributed by atoms with Gasteiger partial charge in [-0.15, -0.1) is 0 Å². The zero-order chi connectivity index (χ0) is 12.1. The second-order valence-corrected chi connectivity index (χ2v) is 4.78. The van der Waals surface area contributed by atoms with E-state index in [1.807, 2.05) is 24.5 Å². The molecule has 0 bridgehead atoms. The Hall–Kier alpha value is -1.35. The molecule has 2 nitrogen and oxygen atoms in total. The van der Waals surface area contributed by atoms with E-state index in [1.54, 1.807) is 0 Å². The second-order valence-electron chi connectivity index (χ2n) is 3.86. The average Bonchev–Trinajstić information content (AvgIpc) is 2.38. The zero-order valence-electron chi connectivity index (χ0n) is 9.78. The van der Waals surface area contributed by atoms with Gasteiger partial charge < -0.3 is 5.32 Å².